The average Bonchev–Trinajstić information content (AvgIpc) is 2.38. The quantitative estimate of drug-likeness (QED) is 0.890. The van der Waals surface area contributed by atoms with Crippen LogP contribution >= 0.6 is 23.2 Å². The molecule has 0 aliphatic carbocycles. The van der Waals surface area contributed by atoms with Crippen LogP contribution in [0, 0.1) is 11.6 Å². The zero-order valence-corrected chi connectivity index (χ0v) is 11.6. The summed E-state index contributed by atoms with van der Waals surface area (Å²) in [6.45, 7) is 0. The predicted octanol–water partition coefficient (Wildman–Crippen LogP) is 4.45. The van der Waals surface area contributed by atoms with Crippen LogP contribution in [0.3, 0.4) is 0 Å². The van der Waals surface area contributed by atoms with E-state index in [1.54, 1.807) is 18.2 Å². The first kappa shape index (κ1) is 14.8. The van der Waals surface area contributed by atoms with Gasteiger partial charge >= 0.3 is 0 Å². The largest absolute Gasteiger partial charge is 0.326 e. The summed E-state index contributed by atoms with van der Waals surface area (Å²) < 4.78 is 25.7. The fourth-order valence-electron chi connectivity index (χ4n) is 1.61. The Balaban J connectivity index is 2.04. The maximum atomic E-state index is 13.0. The van der Waals surface area contributed by atoms with Gasteiger partial charge in [-0.25, -0.2) is 8.78 Å². The molecule has 0 unspecified atom stereocenters. The molecule has 0 saturated carbocycles. The van der Waals surface area contributed by atoms with Crippen LogP contribution in [0.4, 0.5) is 14.5 Å². The highest BCUT2D eigenvalue weighted by Crippen LogP contribution is 2.23. The molecule has 2 aromatic rings. The lowest BCUT2D eigenvalue weighted by atomic mass is 10.1. The number of anilines is 1. The molecule has 2 nitrogen and oxygen atoms in total. The molecule has 0 aromatic heterocycles. The average molecular weight is 316 g/mol. The summed E-state index contributed by atoms with van der Waals surface area (Å²) in [7, 11) is 0. The Bertz CT molecular complexity index is 606. The van der Waals surface area contributed by atoms with Crippen LogP contribution in [-0.2, 0) is 11.2 Å². The molecule has 104 valence electrons. The molecule has 0 fully saturated rings. The highest BCUT2D eigenvalue weighted by molar-refractivity contribution is 6.42. The number of benzene rings is 2. The van der Waals surface area contributed by atoms with E-state index in [0.29, 0.717) is 15.6 Å². The monoisotopic (exact) mass is 315 g/mol. The number of hydrogen-bond acceptors (Lipinski definition) is 1. The van der Waals surface area contributed by atoms with E-state index in [1.165, 1.54) is 6.07 Å². The molecule has 0 aliphatic rings. The molecule has 20 heavy (non-hydrogen) atoms. The van der Waals surface area contributed by atoms with Crippen LogP contribution in [0.2, 0.25) is 10.0 Å². The molecule has 1 N–H and O–H groups in total. The van der Waals surface area contributed by atoms with Gasteiger partial charge in [0.05, 0.1) is 16.5 Å². The van der Waals surface area contributed by atoms with E-state index in [1.807, 2.05) is 0 Å². The van der Waals surface area contributed by atoms with Crippen molar-refractivity contribution < 1.29 is 13.6 Å². The Labute approximate surface area is 124 Å². The van der Waals surface area contributed by atoms with E-state index >= 15 is 0 Å². The predicted molar refractivity (Wildman–Crippen MR) is 75.2 cm³/mol. The summed E-state index contributed by atoms with van der Waals surface area (Å²) in [5.41, 5.74) is 0.855. The van der Waals surface area contributed by atoms with Crippen molar-refractivity contribution in [2.24, 2.45) is 0 Å². The van der Waals surface area contributed by atoms with Crippen molar-refractivity contribution in [1.82, 2.24) is 0 Å². The van der Waals surface area contributed by atoms with E-state index in [0.717, 1.165) is 12.1 Å². The first-order valence-electron chi connectivity index (χ1n) is 5.64. The molecule has 0 bridgehead atoms. The van der Waals surface area contributed by atoms with Gasteiger partial charge in [0.1, 0.15) is 0 Å². The standard InChI is InChI=1S/C14H9Cl2F2NO/c15-10-3-1-8(5-11(10)16)6-14(20)19-9-2-4-12(17)13(18)7-9/h1-5,7H,6H2,(H,19,20). The number of carbonyl (C=O) groups excluding carboxylic acids is 1. The second-order valence-electron chi connectivity index (χ2n) is 4.10. The summed E-state index contributed by atoms with van der Waals surface area (Å²) in [6, 6.07) is 7.98. The van der Waals surface area contributed by atoms with E-state index in [-0.39, 0.29) is 18.0 Å². The molecule has 0 atom stereocenters. The smallest absolute Gasteiger partial charge is 0.228 e. The number of hydrogen-bond donors (Lipinski definition) is 1. The van der Waals surface area contributed by atoms with Crippen molar-refractivity contribution in [1.29, 1.82) is 0 Å². The molecule has 0 saturated heterocycles. The molecule has 0 heterocycles. The van der Waals surface area contributed by atoms with E-state index < -0.39 is 11.6 Å². The number of amides is 1. The lowest BCUT2D eigenvalue weighted by molar-refractivity contribution is -0.115. The summed E-state index contributed by atoms with van der Waals surface area (Å²) in [6.07, 6.45) is 0.0515. The van der Waals surface area contributed by atoms with Crippen molar-refractivity contribution in [2.45, 2.75) is 6.42 Å². The maximum absolute atomic E-state index is 13.0. The Morgan fingerprint density at radius 1 is 1.00 bits per heavy atom. The molecule has 2 rings (SSSR count). The van der Waals surface area contributed by atoms with Gasteiger partial charge in [-0.15, -0.1) is 0 Å². The van der Waals surface area contributed by atoms with Gasteiger partial charge in [-0.3, -0.25) is 4.79 Å². The van der Waals surface area contributed by atoms with Crippen molar-refractivity contribution in [3.8, 4) is 0 Å². The Morgan fingerprint density at radius 2 is 1.75 bits per heavy atom. The Kier molecular flexibility index (Phi) is 4.57. The second-order valence-corrected chi connectivity index (χ2v) is 4.92. The van der Waals surface area contributed by atoms with E-state index in [2.05, 4.69) is 5.32 Å². The van der Waals surface area contributed by atoms with E-state index in [4.69, 9.17) is 23.2 Å². The molecular formula is C14H9Cl2F2NO. The van der Waals surface area contributed by atoms with Gasteiger partial charge in [0, 0.05) is 11.8 Å². The minimum atomic E-state index is -1.02. The van der Waals surface area contributed by atoms with Crippen molar-refractivity contribution >= 4 is 34.8 Å². The van der Waals surface area contributed by atoms with Crippen LogP contribution in [0.5, 0.6) is 0 Å². The van der Waals surface area contributed by atoms with Gasteiger partial charge in [0.25, 0.3) is 0 Å². The molecule has 0 radical (unpaired) electrons. The normalized spacial score (nSPS) is 10.4. The summed E-state index contributed by atoms with van der Waals surface area (Å²) in [5, 5.41) is 3.22. The molecule has 6 heteroatoms. The third-order valence-electron chi connectivity index (χ3n) is 2.55. The van der Waals surface area contributed by atoms with Crippen LogP contribution in [0.1, 0.15) is 5.56 Å². The molecule has 1 amide bonds. The first-order valence-corrected chi connectivity index (χ1v) is 6.40. The number of nitrogens with one attached hydrogen (secondary N) is 1. The van der Waals surface area contributed by atoms with E-state index in [9.17, 15) is 13.6 Å². The summed E-state index contributed by atoms with van der Waals surface area (Å²) in [4.78, 5) is 11.8. The number of halogens is 4. The van der Waals surface area contributed by atoms with Crippen molar-refractivity contribution in [2.75, 3.05) is 5.32 Å². The van der Waals surface area contributed by atoms with Gasteiger partial charge in [-0.1, -0.05) is 29.3 Å². The Hall–Kier alpha value is -1.65. The maximum Gasteiger partial charge on any atom is 0.228 e. The van der Waals surface area contributed by atoms with Crippen LogP contribution in [0.15, 0.2) is 36.4 Å². The highest BCUT2D eigenvalue weighted by atomic mass is 35.5. The van der Waals surface area contributed by atoms with Crippen molar-refractivity contribution in [3.05, 3.63) is 63.6 Å². The zero-order chi connectivity index (χ0) is 14.7. The number of carbonyl (C=O) groups is 1. The fraction of sp³-hybridized carbons (Fsp3) is 0.0714. The van der Waals surface area contributed by atoms with Crippen molar-refractivity contribution in [3.63, 3.8) is 0 Å². The minimum Gasteiger partial charge on any atom is -0.326 e. The molecule has 0 aliphatic heterocycles. The lowest BCUT2D eigenvalue weighted by Crippen LogP contribution is -2.14. The molecule has 2 aromatic carbocycles. The second kappa shape index (κ2) is 6.20. The fourth-order valence-corrected chi connectivity index (χ4v) is 1.93. The van der Waals surface area contributed by atoms with Crippen LogP contribution in [-0.4, -0.2) is 5.91 Å². The third-order valence-corrected chi connectivity index (χ3v) is 3.29. The third kappa shape index (κ3) is 3.68. The van der Waals surface area contributed by atoms with Gasteiger partial charge < -0.3 is 5.32 Å². The first-order chi connectivity index (χ1) is 9.45. The topological polar surface area (TPSA) is 29.1 Å². The summed E-state index contributed by atoms with van der Waals surface area (Å²) in [5.74, 6) is -2.35. The highest BCUT2D eigenvalue weighted by Gasteiger charge is 2.08. The van der Waals surface area contributed by atoms with Gasteiger partial charge in [-0.2, -0.15) is 0 Å². The molecule has 0 spiro atoms. The Morgan fingerprint density at radius 3 is 2.40 bits per heavy atom. The summed E-state index contributed by atoms with van der Waals surface area (Å²) >= 11 is 11.6. The lowest BCUT2D eigenvalue weighted by Gasteiger charge is -2.06. The zero-order valence-electron chi connectivity index (χ0n) is 10.1. The van der Waals surface area contributed by atoms with Crippen LogP contribution < -0.4 is 5.32 Å². The van der Waals surface area contributed by atoms with Gasteiger partial charge in [-0.05, 0) is 29.8 Å². The van der Waals surface area contributed by atoms with Gasteiger partial charge in [0.15, 0.2) is 11.6 Å². The molecular weight excluding hydrogens is 307 g/mol. The van der Waals surface area contributed by atoms with Crippen LogP contribution in [0.25, 0.3) is 0 Å². The number of rotatable bonds is 3. The minimum absolute atomic E-state index is 0.0515. The SMILES string of the molecule is O=C(Cc1ccc(Cl)c(Cl)c1)Nc1ccc(F)c(F)c1. The van der Waals surface area contributed by atoms with Gasteiger partial charge in [0.2, 0.25) is 5.91 Å².